The van der Waals surface area contributed by atoms with Gasteiger partial charge in [-0.2, -0.15) is 5.10 Å². The molecule has 0 bridgehead atoms. The molecule has 0 amide bonds. The van der Waals surface area contributed by atoms with Crippen molar-refractivity contribution in [2.24, 2.45) is 0 Å². The fourth-order valence-electron chi connectivity index (χ4n) is 3.48. The molecule has 5 aromatic rings. The Morgan fingerprint density at radius 3 is 2.48 bits per heavy atom. The van der Waals surface area contributed by atoms with Gasteiger partial charge in [-0.15, -0.1) is 0 Å². The molecule has 142 valence electrons. The topological polar surface area (TPSA) is 58.9 Å². The van der Waals surface area contributed by atoms with Crippen LogP contribution in [-0.2, 0) is 12.8 Å². The van der Waals surface area contributed by atoms with Gasteiger partial charge in [0.05, 0.1) is 11.2 Å². The molecule has 0 spiro atoms. The van der Waals surface area contributed by atoms with E-state index in [-0.39, 0.29) is 5.82 Å². The lowest BCUT2D eigenvalue weighted by Crippen LogP contribution is -1.93. The Kier molecular flexibility index (Phi) is 4.37. The first-order chi connectivity index (χ1) is 14.3. The number of aromatic nitrogens is 5. The van der Waals surface area contributed by atoms with Crippen LogP contribution in [0, 0.1) is 5.82 Å². The fraction of sp³-hybridized carbons (Fsp3) is 0.0870. The molecule has 5 nitrogen and oxygen atoms in total. The normalized spacial score (nSPS) is 11.2. The summed E-state index contributed by atoms with van der Waals surface area (Å²) in [5.41, 5.74) is 3.48. The van der Waals surface area contributed by atoms with E-state index < -0.39 is 0 Å². The highest BCUT2D eigenvalue weighted by Crippen LogP contribution is 2.23. The molecule has 0 radical (unpaired) electrons. The highest BCUT2D eigenvalue weighted by Gasteiger charge is 2.17. The van der Waals surface area contributed by atoms with Crippen molar-refractivity contribution in [3.63, 3.8) is 0 Å². The molecule has 5 rings (SSSR count). The lowest BCUT2D eigenvalue weighted by Gasteiger charge is -2.01. The third-order valence-electron chi connectivity index (χ3n) is 4.89. The highest BCUT2D eigenvalue weighted by atomic mass is 19.1. The van der Waals surface area contributed by atoms with Gasteiger partial charge in [-0.3, -0.25) is 9.50 Å². The van der Waals surface area contributed by atoms with Crippen LogP contribution < -0.4 is 0 Å². The molecule has 3 aromatic heterocycles. The number of benzene rings is 2. The molecule has 0 saturated heterocycles. The van der Waals surface area contributed by atoms with Gasteiger partial charge >= 0.3 is 0 Å². The number of H-pyrrole nitrogens is 1. The zero-order valence-corrected chi connectivity index (χ0v) is 15.6. The zero-order valence-electron chi connectivity index (χ0n) is 15.6. The number of nitrogens with one attached hydrogen (secondary N) is 1. The predicted octanol–water partition coefficient (Wildman–Crippen LogP) is 4.44. The number of halogens is 1. The summed E-state index contributed by atoms with van der Waals surface area (Å²) >= 11 is 0. The van der Waals surface area contributed by atoms with Gasteiger partial charge in [0.1, 0.15) is 5.82 Å². The molecule has 0 saturated carbocycles. The average Bonchev–Trinajstić information content (AvgIpc) is 3.35. The molecule has 0 unspecified atom stereocenters. The van der Waals surface area contributed by atoms with Crippen molar-refractivity contribution in [3.05, 3.63) is 107 Å². The third kappa shape index (κ3) is 3.40. The van der Waals surface area contributed by atoms with Crippen LogP contribution in [0.25, 0.3) is 17.2 Å². The first-order valence-corrected chi connectivity index (χ1v) is 9.43. The maximum Gasteiger partial charge on any atom is 0.192 e. The van der Waals surface area contributed by atoms with Crippen LogP contribution >= 0.6 is 0 Å². The van der Waals surface area contributed by atoms with Gasteiger partial charge in [-0.1, -0.05) is 54.6 Å². The summed E-state index contributed by atoms with van der Waals surface area (Å²) in [7, 11) is 0. The number of fused-ring (bicyclic) bond motifs is 1. The Balaban J connectivity index is 1.52. The van der Waals surface area contributed by atoms with Crippen molar-refractivity contribution in [2.75, 3.05) is 0 Å². The fourth-order valence-corrected chi connectivity index (χ4v) is 3.48. The molecule has 1 N–H and O–H groups in total. The third-order valence-corrected chi connectivity index (χ3v) is 4.89. The van der Waals surface area contributed by atoms with Crippen molar-refractivity contribution in [2.45, 2.75) is 12.8 Å². The Morgan fingerprint density at radius 2 is 1.62 bits per heavy atom. The minimum atomic E-state index is -0.226. The standard InChI is InChI=1S/C23H18FN5/c24-18-11-5-4-10-17(18)15-19-20-12-6-7-13-29(20)23(25-19)22-26-21(27-28-22)14-16-8-2-1-3-9-16/h1-13H,14-15H2,(H,26,27,28). The monoisotopic (exact) mass is 383 g/mol. The van der Waals surface area contributed by atoms with Crippen LogP contribution in [0.15, 0.2) is 79.0 Å². The van der Waals surface area contributed by atoms with Crippen molar-refractivity contribution >= 4 is 5.52 Å². The Morgan fingerprint density at radius 1 is 0.828 bits per heavy atom. The van der Waals surface area contributed by atoms with Crippen LogP contribution in [0.5, 0.6) is 0 Å². The number of nitrogens with zero attached hydrogens (tertiary/aromatic N) is 4. The van der Waals surface area contributed by atoms with Gasteiger partial charge in [-0.05, 0) is 29.3 Å². The number of imidazole rings is 1. The molecule has 0 atom stereocenters. The minimum Gasteiger partial charge on any atom is -0.297 e. The smallest absolute Gasteiger partial charge is 0.192 e. The molecule has 0 aliphatic heterocycles. The van der Waals surface area contributed by atoms with Crippen molar-refractivity contribution in [3.8, 4) is 11.6 Å². The largest absolute Gasteiger partial charge is 0.297 e. The highest BCUT2D eigenvalue weighted by molar-refractivity contribution is 5.62. The van der Waals surface area contributed by atoms with Crippen molar-refractivity contribution in [1.29, 1.82) is 0 Å². The van der Waals surface area contributed by atoms with E-state index >= 15 is 0 Å². The molecule has 6 heteroatoms. The van der Waals surface area contributed by atoms with Crippen LogP contribution in [0.4, 0.5) is 4.39 Å². The summed E-state index contributed by atoms with van der Waals surface area (Å²) in [6.45, 7) is 0. The van der Waals surface area contributed by atoms with E-state index in [1.54, 1.807) is 12.1 Å². The molecular formula is C23H18FN5. The van der Waals surface area contributed by atoms with E-state index in [0.29, 0.717) is 35.9 Å². The van der Waals surface area contributed by atoms with Crippen molar-refractivity contribution < 1.29 is 4.39 Å². The van der Waals surface area contributed by atoms with Gasteiger partial charge in [0, 0.05) is 19.0 Å². The number of hydrogen-bond acceptors (Lipinski definition) is 3. The quantitative estimate of drug-likeness (QED) is 0.488. The Labute approximate surface area is 166 Å². The van der Waals surface area contributed by atoms with Crippen molar-refractivity contribution in [1.82, 2.24) is 24.6 Å². The number of pyridine rings is 1. The second kappa shape index (κ2) is 7.31. The van der Waals surface area contributed by atoms with Gasteiger partial charge in [-0.25, -0.2) is 14.4 Å². The van der Waals surface area contributed by atoms with E-state index in [0.717, 1.165) is 16.8 Å². The number of aromatic amines is 1. The summed E-state index contributed by atoms with van der Waals surface area (Å²) < 4.78 is 16.1. The molecule has 29 heavy (non-hydrogen) atoms. The van der Waals surface area contributed by atoms with E-state index in [1.807, 2.05) is 65.2 Å². The second-order valence-corrected chi connectivity index (χ2v) is 6.87. The van der Waals surface area contributed by atoms with Gasteiger partial charge < -0.3 is 0 Å². The lowest BCUT2D eigenvalue weighted by molar-refractivity contribution is 0.613. The average molecular weight is 383 g/mol. The van der Waals surface area contributed by atoms with Crippen LogP contribution in [0.3, 0.4) is 0 Å². The lowest BCUT2D eigenvalue weighted by atomic mass is 10.1. The summed E-state index contributed by atoms with van der Waals surface area (Å²) in [5.74, 6) is 1.74. The van der Waals surface area contributed by atoms with Crippen LogP contribution in [0.2, 0.25) is 0 Å². The van der Waals surface area contributed by atoms with Gasteiger partial charge in [0.15, 0.2) is 17.5 Å². The van der Waals surface area contributed by atoms with E-state index in [4.69, 9.17) is 4.98 Å². The van der Waals surface area contributed by atoms with Gasteiger partial charge in [0.25, 0.3) is 0 Å². The van der Waals surface area contributed by atoms with Crippen LogP contribution in [0.1, 0.15) is 22.6 Å². The summed E-state index contributed by atoms with van der Waals surface area (Å²) in [4.78, 5) is 9.42. The minimum absolute atomic E-state index is 0.226. The first kappa shape index (κ1) is 17.3. The molecule has 2 aromatic carbocycles. The van der Waals surface area contributed by atoms with Crippen LogP contribution in [-0.4, -0.2) is 24.6 Å². The molecule has 3 heterocycles. The second-order valence-electron chi connectivity index (χ2n) is 6.87. The molecule has 0 aliphatic carbocycles. The van der Waals surface area contributed by atoms with E-state index in [1.165, 1.54) is 6.07 Å². The Hall–Kier alpha value is -3.80. The first-order valence-electron chi connectivity index (χ1n) is 9.43. The predicted molar refractivity (Wildman–Crippen MR) is 109 cm³/mol. The maximum atomic E-state index is 14.2. The van der Waals surface area contributed by atoms with E-state index in [9.17, 15) is 4.39 Å². The van der Waals surface area contributed by atoms with Gasteiger partial charge in [0.2, 0.25) is 0 Å². The summed E-state index contributed by atoms with van der Waals surface area (Å²) in [6, 6.07) is 22.7. The summed E-state index contributed by atoms with van der Waals surface area (Å²) in [5, 5.41) is 7.36. The molecular weight excluding hydrogens is 365 g/mol. The van der Waals surface area contributed by atoms with E-state index in [2.05, 4.69) is 15.2 Å². The maximum absolute atomic E-state index is 14.2. The Bertz CT molecular complexity index is 1270. The number of hydrogen-bond donors (Lipinski definition) is 1. The zero-order chi connectivity index (χ0) is 19.6. The molecule has 0 aliphatic rings. The SMILES string of the molecule is Fc1ccccc1Cc1nc(-c2nc(Cc3ccccc3)n[nH]2)n2ccccc12. The molecule has 0 fully saturated rings. The summed E-state index contributed by atoms with van der Waals surface area (Å²) in [6.07, 6.45) is 2.98. The number of rotatable bonds is 5.